The molecule has 0 amide bonds. The first-order valence-corrected chi connectivity index (χ1v) is 4.36. The molecule has 1 rings (SSSR count). The van der Waals surface area contributed by atoms with E-state index < -0.39 is 41.3 Å². The molecule has 1 aromatic rings. The average Bonchev–Trinajstić information content (AvgIpc) is 2.25. The van der Waals surface area contributed by atoms with Crippen LogP contribution in [0.25, 0.3) is 0 Å². The third kappa shape index (κ3) is 2.66. The molecular formula is C9H6F5NO3. The van der Waals surface area contributed by atoms with Crippen LogP contribution in [-0.2, 0) is 6.18 Å². The Kier molecular flexibility index (Phi) is 3.73. The molecular weight excluding hydrogens is 265 g/mol. The van der Waals surface area contributed by atoms with Crippen molar-refractivity contribution in [2.24, 2.45) is 0 Å². The fraction of sp³-hybridized carbons (Fsp3) is 0.333. The molecule has 1 N–H and O–H groups in total. The molecule has 18 heavy (non-hydrogen) atoms. The number of aromatic nitrogens is 1. The number of carboxylic acid groups (broad SMARTS) is 1. The summed E-state index contributed by atoms with van der Waals surface area (Å²) in [5.41, 5.74) is -4.41. The van der Waals surface area contributed by atoms with Crippen LogP contribution in [0.3, 0.4) is 0 Å². The Morgan fingerprint density at radius 1 is 1.44 bits per heavy atom. The van der Waals surface area contributed by atoms with E-state index in [2.05, 4.69) is 9.72 Å². The van der Waals surface area contributed by atoms with Gasteiger partial charge in [-0.3, -0.25) is 0 Å². The van der Waals surface area contributed by atoms with Crippen LogP contribution in [0.2, 0.25) is 0 Å². The van der Waals surface area contributed by atoms with Gasteiger partial charge in [0.05, 0.1) is 7.11 Å². The van der Waals surface area contributed by atoms with Gasteiger partial charge in [0.15, 0.2) is 5.69 Å². The summed E-state index contributed by atoms with van der Waals surface area (Å²) >= 11 is 0. The number of hydrogen-bond acceptors (Lipinski definition) is 3. The maximum Gasteiger partial charge on any atom is 0.434 e. The Labute approximate surface area is 97.0 Å². The summed E-state index contributed by atoms with van der Waals surface area (Å²) in [5, 5.41) is 8.66. The lowest BCUT2D eigenvalue weighted by molar-refractivity contribution is -0.142. The van der Waals surface area contributed by atoms with Crippen LogP contribution in [0.1, 0.15) is 28.2 Å². The van der Waals surface area contributed by atoms with Gasteiger partial charge < -0.3 is 9.84 Å². The topological polar surface area (TPSA) is 59.4 Å². The molecule has 0 saturated carbocycles. The predicted molar refractivity (Wildman–Crippen MR) is 47.7 cm³/mol. The van der Waals surface area contributed by atoms with E-state index in [0.717, 1.165) is 7.11 Å². The fourth-order valence-corrected chi connectivity index (χ4v) is 1.23. The van der Waals surface area contributed by atoms with Gasteiger partial charge in [0, 0.05) is 6.07 Å². The van der Waals surface area contributed by atoms with E-state index in [1.807, 2.05) is 0 Å². The molecule has 0 fully saturated rings. The molecule has 9 heteroatoms. The third-order valence-electron chi connectivity index (χ3n) is 1.93. The Morgan fingerprint density at radius 3 is 2.33 bits per heavy atom. The van der Waals surface area contributed by atoms with E-state index in [4.69, 9.17) is 5.11 Å². The molecule has 0 aliphatic carbocycles. The van der Waals surface area contributed by atoms with Crippen molar-refractivity contribution in [2.75, 3.05) is 7.11 Å². The zero-order chi connectivity index (χ0) is 14.1. The van der Waals surface area contributed by atoms with Crippen molar-refractivity contribution >= 4 is 5.97 Å². The molecule has 0 aromatic carbocycles. The molecule has 0 unspecified atom stereocenters. The predicted octanol–water partition coefficient (Wildman–Crippen LogP) is 2.74. The van der Waals surface area contributed by atoms with Crippen molar-refractivity contribution in [3.8, 4) is 5.75 Å². The minimum absolute atomic E-state index is 0.462. The largest absolute Gasteiger partial charge is 0.496 e. The van der Waals surface area contributed by atoms with Crippen molar-refractivity contribution in [3.05, 3.63) is 23.0 Å². The summed E-state index contributed by atoms with van der Waals surface area (Å²) in [6.45, 7) is 0. The normalized spacial score (nSPS) is 11.7. The van der Waals surface area contributed by atoms with Crippen LogP contribution >= 0.6 is 0 Å². The first-order chi connectivity index (χ1) is 8.18. The Hall–Kier alpha value is -1.93. The molecule has 0 aliphatic heterocycles. The summed E-state index contributed by atoms with van der Waals surface area (Å²) < 4.78 is 66.7. The van der Waals surface area contributed by atoms with Crippen LogP contribution in [0.4, 0.5) is 22.0 Å². The highest BCUT2D eigenvalue weighted by Crippen LogP contribution is 2.36. The molecule has 0 bridgehead atoms. The van der Waals surface area contributed by atoms with Crippen LogP contribution in [0, 0.1) is 0 Å². The zero-order valence-electron chi connectivity index (χ0n) is 8.76. The van der Waals surface area contributed by atoms with Gasteiger partial charge in [-0.05, 0) is 0 Å². The summed E-state index contributed by atoms with van der Waals surface area (Å²) in [5.74, 6) is -2.78. The maximum atomic E-state index is 12.5. The quantitative estimate of drug-likeness (QED) is 0.859. The highest BCUT2D eigenvalue weighted by atomic mass is 19.4. The van der Waals surface area contributed by atoms with Gasteiger partial charge in [-0.2, -0.15) is 13.2 Å². The number of aromatic carboxylic acids is 1. The Bertz CT molecular complexity index is 472. The van der Waals surface area contributed by atoms with Gasteiger partial charge in [0.2, 0.25) is 0 Å². The number of carbonyl (C=O) groups is 1. The minimum atomic E-state index is -5.17. The van der Waals surface area contributed by atoms with Crippen LogP contribution in [0.15, 0.2) is 6.07 Å². The fourth-order valence-electron chi connectivity index (χ4n) is 1.23. The van der Waals surface area contributed by atoms with Crippen LogP contribution in [0.5, 0.6) is 5.75 Å². The van der Waals surface area contributed by atoms with Gasteiger partial charge in [0.1, 0.15) is 17.0 Å². The van der Waals surface area contributed by atoms with Crippen molar-refractivity contribution in [3.63, 3.8) is 0 Å². The second-order valence-corrected chi connectivity index (χ2v) is 3.08. The van der Waals surface area contributed by atoms with Crippen molar-refractivity contribution in [1.82, 2.24) is 4.98 Å². The summed E-state index contributed by atoms with van der Waals surface area (Å²) in [4.78, 5) is 13.4. The first-order valence-electron chi connectivity index (χ1n) is 4.36. The summed E-state index contributed by atoms with van der Waals surface area (Å²) in [6, 6.07) is 0.462. The number of methoxy groups -OCH3 is 1. The van der Waals surface area contributed by atoms with E-state index in [1.54, 1.807) is 0 Å². The Balaban J connectivity index is 3.63. The molecule has 4 nitrogen and oxygen atoms in total. The zero-order valence-corrected chi connectivity index (χ0v) is 8.76. The number of rotatable bonds is 3. The lowest BCUT2D eigenvalue weighted by Crippen LogP contribution is -2.18. The van der Waals surface area contributed by atoms with Crippen molar-refractivity contribution in [1.29, 1.82) is 0 Å². The number of pyridine rings is 1. The van der Waals surface area contributed by atoms with Crippen LogP contribution < -0.4 is 4.74 Å². The second-order valence-electron chi connectivity index (χ2n) is 3.08. The molecule has 0 atom stereocenters. The molecule has 1 aromatic heterocycles. The van der Waals surface area contributed by atoms with Gasteiger partial charge in [-0.25, -0.2) is 18.6 Å². The lowest BCUT2D eigenvalue weighted by atomic mass is 10.1. The monoisotopic (exact) mass is 271 g/mol. The number of nitrogens with zero attached hydrogens (tertiary/aromatic N) is 1. The smallest absolute Gasteiger partial charge is 0.434 e. The van der Waals surface area contributed by atoms with E-state index in [9.17, 15) is 26.7 Å². The SMILES string of the molecule is COc1cc(C(F)F)nc(C(F)(F)F)c1C(=O)O. The van der Waals surface area contributed by atoms with E-state index >= 15 is 0 Å². The molecule has 0 aliphatic rings. The van der Waals surface area contributed by atoms with Crippen molar-refractivity contribution < 1.29 is 36.6 Å². The van der Waals surface area contributed by atoms with Gasteiger partial charge in [-0.15, -0.1) is 0 Å². The number of ether oxygens (including phenoxy) is 1. The van der Waals surface area contributed by atoms with Gasteiger partial charge >= 0.3 is 12.1 Å². The number of hydrogen-bond donors (Lipinski definition) is 1. The van der Waals surface area contributed by atoms with Gasteiger partial charge in [-0.1, -0.05) is 0 Å². The molecule has 0 saturated heterocycles. The standard InChI is InChI=1S/C9H6F5NO3/c1-18-4-2-3(7(10)11)15-6(9(12,13)14)5(4)8(16)17/h2,7H,1H3,(H,16,17). The number of alkyl halides is 5. The summed E-state index contributed by atoms with van der Waals surface area (Å²) in [6.07, 6.45) is -8.45. The van der Waals surface area contributed by atoms with Crippen molar-refractivity contribution in [2.45, 2.75) is 12.6 Å². The van der Waals surface area contributed by atoms with E-state index in [0.29, 0.717) is 6.07 Å². The highest BCUT2D eigenvalue weighted by Gasteiger charge is 2.40. The number of halogens is 5. The van der Waals surface area contributed by atoms with E-state index in [-0.39, 0.29) is 0 Å². The Morgan fingerprint density at radius 2 is 2.00 bits per heavy atom. The summed E-state index contributed by atoms with van der Waals surface area (Å²) in [7, 11) is 0.872. The maximum absolute atomic E-state index is 12.5. The average molecular weight is 271 g/mol. The molecule has 100 valence electrons. The van der Waals surface area contributed by atoms with E-state index in [1.165, 1.54) is 0 Å². The second kappa shape index (κ2) is 4.75. The molecule has 1 heterocycles. The van der Waals surface area contributed by atoms with Gasteiger partial charge in [0.25, 0.3) is 6.43 Å². The third-order valence-corrected chi connectivity index (χ3v) is 1.93. The molecule has 0 radical (unpaired) electrons. The first kappa shape index (κ1) is 14.1. The number of carboxylic acids is 1. The molecule has 0 spiro atoms. The van der Waals surface area contributed by atoms with Crippen LogP contribution in [-0.4, -0.2) is 23.2 Å². The lowest BCUT2D eigenvalue weighted by Gasteiger charge is -2.14. The minimum Gasteiger partial charge on any atom is -0.496 e. The highest BCUT2D eigenvalue weighted by molar-refractivity contribution is 5.92.